The van der Waals surface area contributed by atoms with Crippen molar-refractivity contribution in [3.8, 4) is 11.5 Å². The van der Waals surface area contributed by atoms with Gasteiger partial charge in [-0.3, -0.25) is 4.79 Å². The Balaban J connectivity index is 1.19. The highest BCUT2D eigenvalue weighted by atomic mass is 19.3. The molecule has 6 nitrogen and oxygen atoms in total. The Morgan fingerprint density at radius 1 is 1.14 bits per heavy atom. The number of anilines is 1. The van der Waals surface area contributed by atoms with Gasteiger partial charge < -0.3 is 24.8 Å². The number of rotatable bonds is 5. The average molecular weight is 511 g/mol. The molecule has 1 aliphatic heterocycles. The monoisotopic (exact) mass is 511 g/mol. The standard InChI is InChI=1S/C28H32BF2NO5/c1-27-11-10-21-20-7-4-18(29(34)35)12-16(20)2-6-22(21)26(27)17(14-28(27,30)31)3-9-25(33)32-19-5-8-23-24(13-19)37-15-36-23/h4-5,7-8,12-13,17,21-22,26,34-35H,2-3,6,9-11,14-15H2,1H3,(H,32,33)/t17-,21-,22-,26+,27+/m1/s1. The van der Waals surface area contributed by atoms with Crippen molar-refractivity contribution in [2.45, 2.75) is 63.7 Å². The summed E-state index contributed by atoms with van der Waals surface area (Å²) in [5.41, 5.74) is 2.27. The van der Waals surface area contributed by atoms with Gasteiger partial charge in [0, 0.05) is 30.0 Å². The summed E-state index contributed by atoms with van der Waals surface area (Å²) in [4.78, 5) is 12.8. The smallest absolute Gasteiger partial charge is 0.454 e. The first-order valence-corrected chi connectivity index (χ1v) is 13.2. The minimum atomic E-state index is -2.76. The molecule has 3 N–H and O–H groups in total. The molecule has 2 aromatic carbocycles. The van der Waals surface area contributed by atoms with Crippen LogP contribution in [0.3, 0.4) is 0 Å². The SMILES string of the molecule is C[C@]12CC[C@@H]3c4ccc(B(O)O)cc4CC[C@H]3[C@@H]1[C@H](CCC(=O)Nc1ccc3c(c1)OCO3)CC2(F)F. The van der Waals surface area contributed by atoms with E-state index in [4.69, 9.17) is 9.47 Å². The van der Waals surface area contributed by atoms with E-state index in [9.17, 15) is 14.8 Å². The molecule has 2 aromatic rings. The first-order valence-electron chi connectivity index (χ1n) is 13.2. The fourth-order valence-electron chi connectivity index (χ4n) is 7.79. The lowest BCUT2D eigenvalue weighted by atomic mass is 9.53. The van der Waals surface area contributed by atoms with Crippen molar-refractivity contribution in [2.24, 2.45) is 23.2 Å². The maximum Gasteiger partial charge on any atom is 0.488 e. The van der Waals surface area contributed by atoms with Crippen molar-refractivity contribution < 1.29 is 33.1 Å². The van der Waals surface area contributed by atoms with Crippen LogP contribution in [0.25, 0.3) is 0 Å². The number of benzene rings is 2. The molecule has 6 rings (SSSR count). The van der Waals surface area contributed by atoms with Gasteiger partial charge in [-0.1, -0.05) is 25.1 Å². The number of amides is 1. The van der Waals surface area contributed by atoms with Gasteiger partial charge in [-0.2, -0.15) is 0 Å². The molecule has 0 aromatic heterocycles. The van der Waals surface area contributed by atoms with Gasteiger partial charge in [-0.05, 0) is 84.5 Å². The summed E-state index contributed by atoms with van der Waals surface area (Å²) in [5, 5.41) is 22.0. The van der Waals surface area contributed by atoms with E-state index in [1.807, 2.05) is 12.1 Å². The summed E-state index contributed by atoms with van der Waals surface area (Å²) in [6.45, 7) is 1.92. The number of alkyl halides is 2. The minimum Gasteiger partial charge on any atom is -0.454 e. The van der Waals surface area contributed by atoms with Crippen LogP contribution in [0.2, 0.25) is 0 Å². The Morgan fingerprint density at radius 2 is 1.95 bits per heavy atom. The Kier molecular flexibility index (Phi) is 5.99. The Labute approximate surface area is 215 Å². The molecule has 0 saturated heterocycles. The van der Waals surface area contributed by atoms with Gasteiger partial charge in [0.2, 0.25) is 12.7 Å². The van der Waals surface area contributed by atoms with Crippen LogP contribution in [-0.2, 0) is 11.2 Å². The van der Waals surface area contributed by atoms with Crippen molar-refractivity contribution in [2.75, 3.05) is 12.1 Å². The number of hydrogen-bond donors (Lipinski definition) is 3. The molecular weight excluding hydrogens is 479 g/mol. The predicted octanol–water partition coefficient (Wildman–Crippen LogP) is 4.23. The number of hydrogen-bond acceptors (Lipinski definition) is 5. The first-order chi connectivity index (χ1) is 17.7. The molecule has 5 atom stereocenters. The van der Waals surface area contributed by atoms with Gasteiger partial charge in [0.25, 0.3) is 5.92 Å². The summed E-state index contributed by atoms with van der Waals surface area (Å²) >= 11 is 0. The second-order valence-electron chi connectivity index (χ2n) is 11.4. The molecule has 0 radical (unpaired) electrons. The maximum atomic E-state index is 15.5. The van der Waals surface area contributed by atoms with E-state index in [1.54, 1.807) is 31.2 Å². The highest BCUT2D eigenvalue weighted by molar-refractivity contribution is 6.58. The van der Waals surface area contributed by atoms with E-state index in [1.165, 1.54) is 0 Å². The van der Waals surface area contributed by atoms with Crippen molar-refractivity contribution in [1.82, 2.24) is 0 Å². The molecule has 37 heavy (non-hydrogen) atoms. The zero-order valence-corrected chi connectivity index (χ0v) is 20.9. The van der Waals surface area contributed by atoms with Gasteiger partial charge in [-0.15, -0.1) is 0 Å². The predicted molar refractivity (Wildman–Crippen MR) is 135 cm³/mol. The molecule has 1 heterocycles. The molecule has 4 aliphatic rings. The number of ether oxygens (including phenoxy) is 2. The van der Waals surface area contributed by atoms with E-state index in [0.29, 0.717) is 41.9 Å². The molecular formula is C28H32BF2NO5. The van der Waals surface area contributed by atoms with Crippen LogP contribution in [0.15, 0.2) is 36.4 Å². The molecule has 3 aliphatic carbocycles. The molecule has 0 bridgehead atoms. The van der Waals surface area contributed by atoms with Crippen LogP contribution < -0.4 is 20.3 Å². The molecule has 0 unspecified atom stereocenters. The second-order valence-corrected chi connectivity index (χ2v) is 11.4. The Hall–Kier alpha value is -2.65. The highest BCUT2D eigenvalue weighted by Gasteiger charge is 2.67. The van der Waals surface area contributed by atoms with Crippen LogP contribution in [0.4, 0.5) is 14.5 Å². The van der Waals surface area contributed by atoms with Crippen LogP contribution >= 0.6 is 0 Å². The lowest BCUT2D eigenvalue weighted by molar-refractivity contribution is -0.133. The summed E-state index contributed by atoms with van der Waals surface area (Å²) in [7, 11) is -1.51. The fourth-order valence-corrected chi connectivity index (χ4v) is 7.79. The third-order valence-corrected chi connectivity index (χ3v) is 9.56. The summed E-state index contributed by atoms with van der Waals surface area (Å²) in [6.07, 6.45) is 3.15. The lowest BCUT2D eigenvalue weighted by Crippen LogP contribution is -2.48. The molecule has 2 fully saturated rings. The van der Waals surface area contributed by atoms with Crippen LogP contribution in [0.1, 0.15) is 62.5 Å². The number of halogens is 2. The third kappa shape index (κ3) is 4.11. The van der Waals surface area contributed by atoms with E-state index in [2.05, 4.69) is 5.32 Å². The van der Waals surface area contributed by atoms with Crippen molar-refractivity contribution in [1.29, 1.82) is 0 Å². The Morgan fingerprint density at radius 3 is 2.76 bits per heavy atom. The summed E-state index contributed by atoms with van der Waals surface area (Å²) in [5.74, 6) is -1.80. The maximum absolute atomic E-state index is 15.5. The molecule has 0 spiro atoms. The molecule has 9 heteroatoms. The summed E-state index contributed by atoms with van der Waals surface area (Å²) in [6, 6.07) is 10.8. The summed E-state index contributed by atoms with van der Waals surface area (Å²) < 4.78 is 41.7. The number of nitrogens with one attached hydrogen (secondary N) is 1. The first kappa shape index (κ1) is 24.7. The zero-order valence-electron chi connectivity index (χ0n) is 20.9. The van der Waals surface area contributed by atoms with E-state index < -0.39 is 18.5 Å². The van der Waals surface area contributed by atoms with Gasteiger partial charge in [0.15, 0.2) is 11.5 Å². The fraction of sp³-hybridized carbons (Fsp3) is 0.536. The van der Waals surface area contributed by atoms with E-state index >= 15 is 8.78 Å². The van der Waals surface area contributed by atoms with Crippen LogP contribution in [-0.4, -0.2) is 35.8 Å². The average Bonchev–Trinajstić information content (AvgIpc) is 3.41. The normalized spacial score (nSPS) is 30.7. The lowest BCUT2D eigenvalue weighted by Gasteiger charge is -2.51. The third-order valence-electron chi connectivity index (χ3n) is 9.56. The van der Waals surface area contributed by atoms with Crippen molar-refractivity contribution >= 4 is 24.2 Å². The number of fused-ring (bicyclic) bond motifs is 6. The number of aryl methyl sites for hydroxylation is 1. The van der Waals surface area contributed by atoms with Crippen LogP contribution in [0, 0.1) is 23.2 Å². The molecule has 2 saturated carbocycles. The van der Waals surface area contributed by atoms with Gasteiger partial charge >= 0.3 is 7.12 Å². The Bertz CT molecular complexity index is 1220. The van der Waals surface area contributed by atoms with Crippen LogP contribution in [0.5, 0.6) is 11.5 Å². The number of carbonyl (C=O) groups is 1. The van der Waals surface area contributed by atoms with E-state index in [0.717, 1.165) is 24.0 Å². The largest absolute Gasteiger partial charge is 0.488 e. The van der Waals surface area contributed by atoms with Gasteiger partial charge in [-0.25, -0.2) is 8.78 Å². The van der Waals surface area contributed by atoms with Crippen molar-refractivity contribution in [3.05, 3.63) is 47.5 Å². The van der Waals surface area contributed by atoms with Crippen molar-refractivity contribution in [3.63, 3.8) is 0 Å². The second kappa shape index (κ2) is 8.98. The highest BCUT2D eigenvalue weighted by Crippen LogP contribution is 2.68. The van der Waals surface area contributed by atoms with Gasteiger partial charge in [0.1, 0.15) is 0 Å². The quantitative estimate of drug-likeness (QED) is 0.523. The topological polar surface area (TPSA) is 88.0 Å². The molecule has 196 valence electrons. The van der Waals surface area contributed by atoms with E-state index in [-0.39, 0.29) is 49.2 Å². The number of carbonyl (C=O) groups excluding carboxylic acids is 1. The zero-order chi connectivity index (χ0) is 25.9. The molecule has 1 amide bonds. The minimum absolute atomic E-state index is 0.131. The van der Waals surface area contributed by atoms with Gasteiger partial charge in [0.05, 0.1) is 0 Å².